The minimum atomic E-state index is 0.714. The molecule has 0 fully saturated rings. The summed E-state index contributed by atoms with van der Waals surface area (Å²) in [7, 11) is 0. The van der Waals surface area contributed by atoms with E-state index in [0.29, 0.717) is 5.02 Å². The minimum absolute atomic E-state index is 0.714. The van der Waals surface area contributed by atoms with Gasteiger partial charge in [0.2, 0.25) is 0 Å². The van der Waals surface area contributed by atoms with Crippen molar-refractivity contribution in [2.75, 3.05) is 0 Å². The maximum atomic E-state index is 6.17. The molecule has 3 rings (SSSR count). The van der Waals surface area contributed by atoms with Crippen LogP contribution in [0, 0.1) is 6.92 Å². The lowest BCUT2D eigenvalue weighted by Gasteiger charge is -2.07. The molecule has 0 aliphatic carbocycles. The Balaban J connectivity index is 2.64. The van der Waals surface area contributed by atoms with Gasteiger partial charge in [0.1, 0.15) is 0 Å². The lowest BCUT2D eigenvalue weighted by atomic mass is 10.0. The largest absolute Gasteiger partial charge is 0.251 e. The highest BCUT2D eigenvalue weighted by Crippen LogP contribution is 2.29. The summed E-state index contributed by atoms with van der Waals surface area (Å²) < 4.78 is 0. The fourth-order valence-electron chi connectivity index (χ4n) is 2.11. The summed E-state index contributed by atoms with van der Waals surface area (Å²) in [5, 5.41) is 4.24. The van der Waals surface area contributed by atoms with Crippen LogP contribution in [0.2, 0.25) is 5.02 Å². The Morgan fingerprint density at radius 2 is 1.56 bits per heavy atom. The maximum Gasteiger partial charge on any atom is 0.0897 e. The molecular formula is C14H10ClN. The van der Waals surface area contributed by atoms with Crippen LogP contribution in [0.15, 0.2) is 42.5 Å². The van der Waals surface area contributed by atoms with Gasteiger partial charge in [-0.1, -0.05) is 48.0 Å². The van der Waals surface area contributed by atoms with Crippen molar-refractivity contribution in [3.63, 3.8) is 0 Å². The topological polar surface area (TPSA) is 12.9 Å². The van der Waals surface area contributed by atoms with Crippen LogP contribution in [0.5, 0.6) is 0 Å². The second-order valence-corrected chi connectivity index (χ2v) is 4.29. The number of fused-ring (bicyclic) bond motifs is 3. The number of rotatable bonds is 0. The molecule has 16 heavy (non-hydrogen) atoms. The van der Waals surface area contributed by atoms with Gasteiger partial charge >= 0.3 is 0 Å². The van der Waals surface area contributed by atoms with E-state index in [2.05, 4.69) is 23.2 Å². The summed E-state index contributed by atoms with van der Waals surface area (Å²) in [6.07, 6.45) is 0. The van der Waals surface area contributed by atoms with E-state index in [-0.39, 0.29) is 0 Å². The highest BCUT2D eigenvalue weighted by molar-refractivity contribution is 6.35. The molecule has 1 heterocycles. The van der Waals surface area contributed by atoms with Crippen molar-refractivity contribution in [3.05, 3.63) is 53.2 Å². The zero-order valence-electron chi connectivity index (χ0n) is 8.87. The molecule has 0 amide bonds. The van der Waals surface area contributed by atoms with Gasteiger partial charge in [0.25, 0.3) is 0 Å². The molecular weight excluding hydrogens is 218 g/mol. The van der Waals surface area contributed by atoms with E-state index in [0.717, 1.165) is 16.6 Å². The van der Waals surface area contributed by atoms with Crippen molar-refractivity contribution < 1.29 is 0 Å². The van der Waals surface area contributed by atoms with Gasteiger partial charge in [0, 0.05) is 16.5 Å². The quantitative estimate of drug-likeness (QED) is 0.521. The van der Waals surface area contributed by atoms with Crippen molar-refractivity contribution in [2.24, 2.45) is 0 Å². The van der Waals surface area contributed by atoms with Crippen molar-refractivity contribution in [1.82, 2.24) is 4.98 Å². The van der Waals surface area contributed by atoms with Gasteiger partial charge in [-0.25, -0.2) is 0 Å². The van der Waals surface area contributed by atoms with Crippen molar-refractivity contribution in [1.29, 1.82) is 0 Å². The molecule has 0 saturated heterocycles. The molecule has 2 heteroatoms. The molecule has 0 aliphatic rings. The summed E-state index contributed by atoms with van der Waals surface area (Å²) in [5.74, 6) is 0. The Morgan fingerprint density at radius 3 is 2.38 bits per heavy atom. The Hall–Kier alpha value is -1.60. The average molecular weight is 228 g/mol. The molecule has 0 N–H and O–H groups in total. The number of para-hydroxylation sites is 1. The number of hydrogen-bond donors (Lipinski definition) is 0. The van der Waals surface area contributed by atoms with Gasteiger partial charge in [-0.15, -0.1) is 0 Å². The highest BCUT2D eigenvalue weighted by Gasteiger charge is 2.06. The number of nitrogens with zero attached hydrogens (tertiary/aromatic N) is 1. The molecule has 1 nitrogen and oxygen atoms in total. The van der Waals surface area contributed by atoms with Crippen LogP contribution < -0.4 is 0 Å². The van der Waals surface area contributed by atoms with Gasteiger partial charge in [-0.3, -0.25) is 4.98 Å². The second kappa shape index (κ2) is 3.46. The molecule has 0 bridgehead atoms. The fraction of sp³-hybridized carbons (Fsp3) is 0.0714. The number of aryl methyl sites for hydroxylation is 1. The van der Waals surface area contributed by atoms with Crippen LogP contribution >= 0.6 is 11.6 Å². The lowest BCUT2D eigenvalue weighted by Crippen LogP contribution is -1.88. The van der Waals surface area contributed by atoms with Gasteiger partial charge in [-0.2, -0.15) is 0 Å². The summed E-state index contributed by atoms with van der Waals surface area (Å²) in [6, 6.07) is 14.2. The first-order chi connectivity index (χ1) is 7.77. The molecule has 1 aromatic heterocycles. The Morgan fingerprint density at radius 1 is 0.875 bits per heavy atom. The van der Waals surface area contributed by atoms with E-state index in [1.54, 1.807) is 0 Å². The van der Waals surface area contributed by atoms with Crippen LogP contribution in [0.1, 0.15) is 5.69 Å². The maximum absolute atomic E-state index is 6.17. The number of pyridine rings is 1. The summed E-state index contributed by atoms with van der Waals surface area (Å²) in [5.41, 5.74) is 1.91. The smallest absolute Gasteiger partial charge is 0.0897 e. The zero-order valence-corrected chi connectivity index (χ0v) is 9.62. The first-order valence-electron chi connectivity index (χ1n) is 5.21. The summed E-state index contributed by atoms with van der Waals surface area (Å²) >= 11 is 6.17. The normalized spacial score (nSPS) is 11.1. The van der Waals surface area contributed by atoms with Gasteiger partial charge in [0.15, 0.2) is 0 Å². The minimum Gasteiger partial charge on any atom is -0.251 e. The zero-order chi connectivity index (χ0) is 11.1. The molecule has 0 radical (unpaired) electrons. The number of aromatic nitrogens is 1. The van der Waals surface area contributed by atoms with Crippen LogP contribution in [-0.4, -0.2) is 4.98 Å². The molecule has 0 saturated carbocycles. The van der Waals surface area contributed by atoms with E-state index in [9.17, 15) is 0 Å². The molecule has 0 spiro atoms. The molecule has 2 aromatic carbocycles. The fourth-order valence-corrected chi connectivity index (χ4v) is 2.32. The standard InChI is InChI=1S/C14H10ClN/c1-9-10-5-2-3-6-11(10)12-7-4-8-13(15)14(12)16-9/h2-8H,1H3. The highest BCUT2D eigenvalue weighted by atomic mass is 35.5. The molecule has 3 aromatic rings. The van der Waals surface area contributed by atoms with Crippen molar-refractivity contribution in [3.8, 4) is 0 Å². The van der Waals surface area contributed by atoms with Crippen molar-refractivity contribution >= 4 is 33.3 Å². The number of benzene rings is 2. The predicted molar refractivity (Wildman–Crippen MR) is 69.0 cm³/mol. The first kappa shape index (κ1) is 9.61. The third-order valence-corrected chi connectivity index (χ3v) is 3.18. The summed E-state index contributed by atoms with van der Waals surface area (Å²) in [4.78, 5) is 4.57. The Bertz CT molecular complexity index is 683. The van der Waals surface area contributed by atoms with Crippen LogP contribution in [0.4, 0.5) is 0 Å². The van der Waals surface area contributed by atoms with Crippen molar-refractivity contribution in [2.45, 2.75) is 6.92 Å². The SMILES string of the molecule is Cc1nc2c(Cl)cccc2c2ccccc12. The molecule has 78 valence electrons. The number of halogens is 1. The summed E-state index contributed by atoms with van der Waals surface area (Å²) in [6.45, 7) is 2.02. The Kier molecular flexibility index (Phi) is 2.08. The van der Waals surface area contributed by atoms with Crippen LogP contribution in [0.25, 0.3) is 21.7 Å². The molecule has 0 aliphatic heterocycles. The van der Waals surface area contributed by atoms with E-state index in [1.165, 1.54) is 10.8 Å². The van der Waals surface area contributed by atoms with Gasteiger partial charge < -0.3 is 0 Å². The first-order valence-corrected chi connectivity index (χ1v) is 5.59. The number of hydrogen-bond acceptors (Lipinski definition) is 1. The van der Waals surface area contributed by atoms with Crippen LogP contribution in [-0.2, 0) is 0 Å². The monoisotopic (exact) mass is 227 g/mol. The predicted octanol–water partition coefficient (Wildman–Crippen LogP) is 4.35. The van der Waals surface area contributed by atoms with E-state index >= 15 is 0 Å². The molecule has 0 atom stereocenters. The Labute approximate surface area is 98.7 Å². The third-order valence-electron chi connectivity index (χ3n) is 2.87. The van der Waals surface area contributed by atoms with Gasteiger partial charge in [-0.05, 0) is 18.4 Å². The molecule has 0 unspecified atom stereocenters. The van der Waals surface area contributed by atoms with E-state index < -0.39 is 0 Å². The van der Waals surface area contributed by atoms with E-state index in [4.69, 9.17) is 11.6 Å². The average Bonchev–Trinajstić information content (AvgIpc) is 2.31. The lowest BCUT2D eigenvalue weighted by molar-refractivity contribution is 1.29. The van der Waals surface area contributed by atoms with Crippen LogP contribution in [0.3, 0.4) is 0 Å². The van der Waals surface area contributed by atoms with Gasteiger partial charge in [0.05, 0.1) is 10.5 Å². The van der Waals surface area contributed by atoms with E-state index in [1.807, 2.05) is 31.2 Å². The third kappa shape index (κ3) is 1.29. The second-order valence-electron chi connectivity index (χ2n) is 3.88.